The Hall–Kier alpha value is -1.05. The molecule has 1 aromatic rings. The van der Waals surface area contributed by atoms with Gasteiger partial charge >= 0.3 is 0 Å². The highest BCUT2D eigenvalue weighted by atomic mass is 79.9. The Bertz CT molecular complexity index is 344. The van der Waals surface area contributed by atoms with Crippen molar-refractivity contribution in [2.75, 3.05) is 25.5 Å². The molecule has 0 spiro atoms. The molecule has 1 aromatic carbocycles. The van der Waals surface area contributed by atoms with Crippen LogP contribution in [0.5, 0.6) is 0 Å². The van der Waals surface area contributed by atoms with Crippen LogP contribution in [-0.2, 0) is 0 Å². The maximum absolute atomic E-state index is 8.84. The summed E-state index contributed by atoms with van der Waals surface area (Å²) in [6, 6.07) is 7.72. The van der Waals surface area contributed by atoms with E-state index in [1.165, 1.54) is 0 Å². The first-order chi connectivity index (χ1) is 6.77. The van der Waals surface area contributed by atoms with Crippen molar-refractivity contribution < 1.29 is 0 Å². The standard InChI is InChI=1S/C10H12BrN3/c1-13-4-5-14-10-6-9(11)3-2-8(10)7-12/h2-3,6,13-14H,4-5H2,1H3. The smallest absolute Gasteiger partial charge is 0.101 e. The third-order valence-electron chi connectivity index (χ3n) is 1.79. The van der Waals surface area contributed by atoms with Crippen LogP contribution < -0.4 is 10.6 Å². The molecule has 0 saturated carbocycles. The first kappa shape index (κ1) is 11.0. The van der Waals surface area contributed by atoms with E-state index in [0.29, 0.717) is 5.56 Å². The van der Waals surface area contributed by atoms with Gasteiger partial charge in [0.2, 0.25) is 0 Å². The maximum atomic E-state index is 8.84. The monoisotopic (exact) mass is 253 g/mol. The number of hydrogen-bond acceptors (Lipinski definition) is 3. The predicted octanol–water partition coefficient (Wildman–Crippen LogP) is 1.95. The lowest BCUT2D eigenvalue weighted by atomic mass is 10.2. The highest BCUT2D eigenvalue weighted by Gasteiger charge is 2.00. The summed E-state index contributed by atoms with van der Waals surface area (Å²) >= 11 is 3.37. The fourth-order valence-electron chi connectivity index (χ4n) is 1.08. The Morgan fingerprint density at radius 2 is 2.21 bits per heavy atom. The van der Waals surface area contributed by atoms with Crippen molar-refractivity contribution >= 4 is 21.6 Å². The molecule has 4 heteroatoms. The molecule has 14 heavy (non-hydrogen) atoms. The van der Waals surface area contributed by atoms with Gasteiger partial charge in [0.25, 0.3) is 0 Å². The number of nitrogens with zero attached hydrogens (tertiary/aromatic N) is 1. The van der Waals surface area contributed by atoms with Crippen LogP contribution >= 0.6 is 15.9 Å². The largest absolute Gasteiger partial charge is 0.383 e. The molecule has 0 aliphatic rings. The average molecular weight is 254 g/mol. The van der Waals surface area contributed by atoms with Crippen molar-refractivity contribution in [2.24, 2.45) is 0 Å². The molecule has 0 bridgehead atoms. The molecule has 0 saturated heterocycles. The summed E-state index contributed by atoms with van der Waals surface area (Å²) < 4.78 is 0.975. The zero-order valence-corrected chi connectivity index (χ0v) is 9.56. The molecular weight excluding hydrogens is 242 g/mol. The molecular formula is C10H12BrN3. The SMILES string of the molecule is CNCCNc1cc(Br)ccc1C#N. The van der Waals surface area contributed by atoms with Crippen molar-refractivity contribution in [3.63, 3.8) is 0 Å². The van der Waals surface area contributed by atoms with Crippen LogP contribution in [0.15, 0.2) is 22.7 Å². The molecule has 0 aliphatic heterocycles. The molecule has 74 valence electrons. The highest BCUT2D eigenvalue weighted by molar-refractivity contribution is 9.10. The first-order valence-corrected chi connectivity index (χ1v) is 5.15. The second-order valence-corrected chi connectivity index (χ2v) is 3.75. The summed E-state index contributed by atoms with van der Waals surface area (Å²) in [7, 11) is 1.90. The Labute approximate surface area is 92.3 Å². The number of rotatable bonds is 4. The van der Waals surface area contributed by atoms with E-state index in [1.54, 1.807) is 6.07 Å². The van der Waals surface area contributed by atoms with Crippen molar-refractivity contribution in [1.29, 1.82) is 5.26 Å². The summed E-state index contributed by atoms with van der Waals surface area (Å²) in [6.45, 7) is 1.68. The van der Waals surface area contributed by atoms with Gasteiger partial charge in [0.1, 0.15) is 6.07 Å². The van der Waals surface area contributed by atoms with Gasteiger partial charge in [0.15, 0.2) is 0 Å². The summed E-state index contributed by atoms with van der Waals surface area (Å²) in [4.78, 5) is 0. The zero-order chi connectivity index (χ0) is 10.4. The quantitative estimate of drug-likeness (QED) is 0.807. The van der Waals surface area contributed by atoms with Crippen molar-refractivity contribution in [3.05, 3.63) is 28.2 Å². The van der Waals surface area contributed by atoms with Crippen LogP contribution in [-0.4, -0.2) is 20.1 Å². The molecule has 0 amide bonds. The van der Waals surface area contributed by atoms with Gasteiger partial charge in [-0.2, -0.15) is 5.26 Å². The third kappa shape index (κ3) is 3.02. The summed E-state index contributed by atoms with van der Waals surface area (Å²) in [5, 5.41) is 15.1. The normalized spacial score (nSPS) is 9.50. The van der Waals surface area contributed by atoms with Crippen LogP contribution in [0.3, 0.4) is 0 Å². The number of likely N-dealkylation sites (N-methyl/N-ethyl adjacent to an activating group) is 1. The van der Waals surface area contributed by atoms with Gasteiger partial charge in [-0.25, -0.2) is 0 Å². The van der Waals surface area contributed by atoms with Gasteiger partial charge in [0, 0.05) is 17.6 Å². The fourth-order valence-corrected chi connectivity index (χ4v) is 1.44. The Morgan fingerprint density at radius 1 is 1.43 bits per heavy atom. The summed E-state index contributed by atoms with van der Waals surface area (Å²) in [5.41, 5.74) is 1.54. The van der Waals surface area contributed by atoms with E-state index in [1.807, 2.05) is 19.2 Å². The molecule has 0 fully saturated rings. The summed E-state index contributed by atoms with van der Waals surface area (Å²) in [6.07, 6.45) is 0. The molecule has 3 nitrogen and oxygen atoms in total. The van der Waals surface area contributed by atoms with Gasteiger partial charge in [0.05, 0.1) is 11.3 Å². The molecule has 0 aromatic heterocycles. The molecule has 2 N–H and O–H groups in total. The Morgan fingerprint density at radius 3 is 2.86 bits per heavy atom. The van der Waals surface area contributed by atoms with Gasteiger partial charge in [-0.1, -0.05) is 15.9 Å². The lowest BCUT2D eigenvalue weighted by Gasteiger charge is -2.07. The fraction of sp³-hybridized carbons (Fsp3) is 0.300. The molecule has 1 rings (SSSR count). The Kier molecular flexibility index (Phi) is 4.44. The van der Waals surface area contributed by atoms with E-state index >= 15 is 0 Å². The summed E-state index contributed by atoms with van der Waals surface area (Å²) in [5.74, 6) is 0. The van der Waals surface area contributed by atoms with Crippen LogP contribution in [0.2, 0.25) is 0 Å². The van der Waals surface area contributed by atoms with Crippen molar-refractivity contribution in [3.8, 4) is 6.07 Å². The highest BCUT2D eigenvalue weighted by Crippen LogP contribution is 2.20. The number of halogens is 1. The predicted molar refractivity (Wildman–Crippen MR) is 61.3 cm³/mol. The van der Waals surface area contributed by atoms with Crippen molar-refractivity contribution in [1.82, 2.24) is 5.32 Å². The molecule has 0 radical (unpaired) electrons. The van der Waals surface area contributed by atoms with E-state index in [0.717, 1.165) is 23.2 Å². The van der Waals surface area contributed by atoms with Crippen LogP contribution in [0.25, 0.3) is 0 Å². The van der Waals surface area contributed by atoms with Gasteiger partial charge in [-0.3, -0.25) is 0 Å². The van der Waals surface area contributed by atoms with E-state index in [-0.39, 0.29) is 0 Å². The van der Waals surface area contributed by atoms with Gasteiger partial charge in [-0.05, 0) is 25.2 Å². The molecule has 0 heterocycles. The van der Waals surface area contributed by atoms with Gasteiger partial charge < -0.3 is 10.6 Å². The second kappa shape index (κ2) is 5.63. The molecule has 0 aliphatic carbocycles. The minimum absolute atomic E-state index is 0.671. The lowest BCUT2D eigenvalue weighted by Crippen LogP contribution is -2.18. The zero-order valence-electron chi connectivity index (χ0n) is 7.97. The van der Waals surface area contributed by atoms with Crippen LogP contribution in [0, 0.1) is 11.3 Å². The number of anilines is 1. The number of nitriles is 1. The van der Waals surface area contributed by atoms with E-state index in [2.05, 4.69) is 32.6 Å². The maximum Gasteiger partial charge on any atom is 0.101 e. The first-order valence-electron chi connectivity index (χ1n) is 4.36. The van der Waals surface area contributed by atoms with E-state index in [4.69, 9.17) is 5.26 Å². The topological polar surface area (TPSA) is 47.8 Å². The molecule has 0 unspecified atom stereocenters. The lowest BCUT2D eigenvalue weighted by molar-refractivity contribution is 0.823. The second-order valence-electron chi connectivity index (χ2n) is 2.83. The van der Waals surface area contributed by atoms with Gasteiger partial charge in [-0.15, -0.1) is 0 Å². The van der Waals surface area contributed by atoms with Crippen molar-refractivity contribution in [2.45, 2.75) is 0 Å². The minimum atomic E-state index is 0.671. The van der Waals surface area contributed by atoms with E-state index in [9.17, 15) is 0 Å². The number of hydrogen-bond donors (Lipinski definition) is 2. The van der Waals surface area contributed by atoms with E-state index < -0.39 is 0 Å². The number of nitrogens with one attached hydrogen (secondary N) is 2. The minimum Gasteiger partial charge on any atom is -0.383 e. The Balaban J connectivity index is 2.73. The van der Waals surface area contributed by atoms with Crippen LogP contribution in [0.4, 0.5) is 5.69 Å². The average Bonchev–Trinajstić information content (AvgIpc) is 2.19. The number of benzene rings is 1. The molecule has 0 atom stereocenters. The van der Waals surface area contributed by atoms with Crippen LogP contribution in [0.1, 0.15) is 5.56 Å². The third-order valence-corrected chi connectivity index (χ3v) is 2.29.